The number of carbonyl (C=O) groups excluding carboxylic acids is 1. The van der Waals surface area contributed by atoms with E-state index in [0.717, 1.165) is 8.95 Å². The number of benzene rings is 2. The van der Waals surface area contributed by atoms with Gasteiger partial charge in [0.2, 0.25) is 0 Å². The summed E-state index contributed by atoms with van der Waals surface area (Å²) in [4.78, 5) is 12.1. The van der Waals surface area contributed by atoms with Crippen LogP contribution in [-0.2, 0) is 0 Å². The van der Waals surface area contributed by atoms with E-state index in [1.807, 2.05) is 6.07 Å². The molecule has 0 unspecified atom stereocenters. The molecule has 0 aromatic heterocycles. The first kappa shape index (κ1) is 14.2. The van der Waals surface area contributed by atoms with Crippen LogP contribution in [0.1, 0.15) is 15.9 Å². The van der Waals surface area contributed by atoms with E-state index < -0.39 is 0 Å². The summed E-state index contributed by atoms with van der Waals surface area (Å²) in [6.07, 6.45) is 0. The highest BCUT2D eigenvalue weighted by atomic mass is 79.9. The average molecular weight is 387 g/mol. The highest BCUT2D eigenvalue weighted by molar-refractivity contribution is 9.11. The SMILES string of the molecule is Cc1c(F)cccc1NC(=O)c1cc(Br)cc(Br)c1. The molecule has 5 heteroatoms. The van der Waals surface area contributed by atoms with Gasteiger partial charge in [-0.15, -0.1) is 0 Å². The molecule has 0 bridgehead atoms. The fourth-order valence-corrected chi connectivity index (χ4v) is 2.92. The van der Waals surface area contributed by atoms with Crippen LogP contribution in [-0.4, -0.2) is 5.91 Å². The van der Waals surface area contributed by atoms with Crippen molar-refractivity contribution >= 4 is 43.5 Å². The lowest BCUT2D eigenvalue weighted by Crippen LogP contribution is -2.13. The Labute approximate surface area is 127 Å². The topological polar surface area (TPSA) is 29.1 Å². The number of hydrogen-bond donors (Lipinski definition) is 1. The summed E-state index contributed by atoms with van der Waals surface area (Å²) in [5.74, 6) is -0.621. The third kappa shape index (κ3) is 3.42. The van der Waals surface area contributed by atoms with Crippen molar-refractivity contribution in [1.82, 2.24) is 0 Å². The Balaban J connectivity index is 2.28. The molecule has 19 heavy (non-hydrogen) atoms. The van der Waals surface area contributed by atoms with Crippen molar-refractivity contribution in [2.45, 2.75) is 6.92 Å². The van der Waals surface area contributed by atoms with Gasteiger partial charge in [-0.1, -0.05) is 37.9 Å². The molecule has 2 aromatic carbocycles. The zero-order chi connectivity index (χ0) is 14.0. The zero-order valence-corrected chi connectivity index (χ0v) is 13.2. The van der Waals surface area contributed by atoms with Gasteiger partial charge in [0, 0.05) is 25.8 Å². The quantitative estimate of drug-likeness (QED) is 0.780. The lowest BCUT2D eigenvalue weighted by molar-refractivity contribution is 0.102. The maximum atomic E-state index is 13.4. The molecule has 0 aliphatic heterocycles. The first-order valence-corrected chi connectivity index (χ1v) is 7.08. The van der Waals surface area contributed by atoms with Gasteiger partial charge in [-0.2, -0.15) is 0 Å². The second-order valence-corrected chi connectivity index (χ2v) is 5.86. The van der Waals surface area contributed by atoms with Gasteiger partial charge in [-0.05, 0) is 37.3 Å². The molecule has 0 heterocycles. The molecule has 2 aromatic rings. The van der Waals surface area contributed by atoms with Crippen molar-refractivity contribution < 1.29 is 9.18 Å². The Hall–Kier alpha value is -1.20. The second-order valence-electron chi connectivity index (χ2n) is 4.02. The highest BCUT2D eigenvalue weighted by Crippen LogP contribution is 2.22. The lowest BCUT2D eigenvalue weighted by Gasteiger charge is -2.09. The average Bonchev–Trinajstić information content (AvgIpc) is 2.33. The van der Waals surface area contributed by atoms with Crippen molar-refractivity contribution in [2.24, 2.45) is 0 Å². The maximum absolute atomic E-state index is 13.4. The molecule has 0 spiro atoms. The van der Waals surface area contributed by atoms with Gasteiger partial charge in [0.05, 0.1) is 0 Å². The molecule has 0 saturated heterocycles. The third-order valence-corrected chi connectivity index (χ3v) is 3.56. The van der Waals surface area contributed by atoms with Crippen LogP contribution in [0.4, 0.5) is 10.1 Å². The molecular formula is C14H10Br2FNO. The monoisotopic (exact) mass is 385 g/mol. The van der Waals surface area contributed by atoms with Gasteiger partial charge in [0.15, 0.2) is 0 Å². The van der Waals surface area contributed by atoms with E-state index in [-0.39, 0.29) is 11.7 Å². The van der Waals surface area contributed by atoms with E-state index in [1.54, 1.807) is 31.2 Å². The van der Waals surface area contributed by atoms with Gasteiger partial charge < -0.3 is 5.32 Å². The minimum absolute atomic E-state index is 0.282. The van der Waals surface area contributed by atoms with Crippen LogP contribution in [0, 0.1) is 12.7 Å². The van der Waals surface area contributed by atoms with Crippen LogP contribution in [0.3, 0.4) is 0 Å². The number of rotatable bonds is 2. The van der Waals surface area contributed by atoms with E-state index in [1.165, 1.54) is 6.07 Å². The Morgan fingerprint density at radius 2 is 1.79 bits per heavy atom. The van der Waals surface area contributed by atoms with E-state index in [2.05, 4.69) is 37.2 Å². The fourth-order valence-electron chi connectivity index (χ4n) is 1.62. The Morgan fingerprint density at radius 3 is 2.42 bits per heavy atom. The molecule has 0 radical (unpaired) electrons. The molecule has 1 amide bonds. The minimum Gasteiger partial charge on any atom is -0.322 e. The van der Waals surface area contributed by atoms with Gasteiger partial charge in [-0.3, -0.25) is 4.79 Å². The zero-order valence-electron chi connectivity index (χ0n) is 10.0. The summed E-state index contributed by atoms with van der Waals surface area (Å²) < 4.78 is 15.0. The molecule has 0 aliphatic rings. The lowest BCUT2D eigenvalue weighted by atomic mass is 10.1. The molecule has 0 aliphatic carbocycles. The van der Waals surface area contributed by atoms with Gasteiger partial charge in [0.25, 0.3) is 5.91 Å². The third-order valence-electron chi connectivity index (χ3n) is 2.64. The summed E-state index contributed by atoms with van der Waals surface area (Å²) in [7, 11) is 0. The summed E-state index contributed by atoms with van der Waals surface area (Å²) in [6.45, 7) is 1.63. The van der Waals surface area contributed by atoms with Gasteiger partial charge in [0.1, 0.15) is 5.82 Å². The van der Waals surface area contributed by atoms with Crippen molar-refractivity contribution in [3.05, 3.63) is 62.3 Å². The molecule has 98 valence electrons. The molecule has 1 N–H and O–H groups in total. The van der Waals surface area contributed by atoms with Crippen LogP contribution >= 0.6 is 31.9 Å². The number of hydrogen-bond acceptors (Lipinski definition) is 1. The van der Waals surface area contributed by atoms with Crippen LogP contribution in [0.15, 0.2) is 45.3 Å². The highest BCUT2D eigenvalue weighted by Gasteiger charge is 2.10. The van der Waals surface area contributed by atoms with Gasteiger partial charge >= 0.3 is 0 Å². The van der Waals surface area contributed by atoms with Crippen molar-refractivity contribution in [2.75, 3.05) is 5.32 Å². The minimum atomic E-state index is -0.340. The van der Waals surface area contributed by atoms with E-state index >= 15 is 0 Å². The van der Waals surface area contributed by atoms with E-state index in [0.29, 0.717) is 16.8 Å². The standard InChI is InChI=1S/C14H10Br2FNO/c1-8-12(17)3-2-4-13(8)18-14(19)9-5-10(15)7-11(16)6-9/h2-7H,1H3,(H,18,19). The normalized spacial score (nSPS) is 10.3. The Morgan fingerprint density at radius 1 is 1.16 bits per heavy atom. The molecule has 0 atom stereocenters. The van der Waals surface area contributed by atoms with Crippen molar-refractivity contribution in [1.29, 1.82) is 0 Å². The molecule has 2 rings (SSSR count). The largest absolute Gasteiger partial charge is 0.322 e. The van der Waals surface area contributed by atoms with Crippen LogP contribution in [0.25, 0.3) is 0 Å². The predicted molar refractivity (Wildman–Crippen MR) is 80.9 cm³/mol. The van der Waals surface area contributed by atoms with Crippen molar-refractivity contribution in [3.63, 3.8) is 0 Å². The summed E-state index contributed by atoms with van der Waals surface area (Å²) in [5, 5.41) is 2.70. The Bertz CT molecular complexity index is 623. The first-order valence-electron chi connectivity index (χ1n) is 5.50. The van der Waals surface area contributed by atoms with Crippen LogP contribution in [0.2, 0.25) is 0 Å². The molecule has 0 saturated carbocycles. The maximum Gasteiger partial charge on any atom is 0.255 e. The number of halogens is 3. The molecule has 2 nitrogen and oxygen atoms in total. The first-order chi connectivity index (χ1) is 8.97. The molecule has 0 fully saturated rings. The smallest absolute Gasteiger partial charge is 0.255 e. The van der Waals surface area contributed by atoms with Crippen LogP contribution in [0.5, 0.6) is 0 Å². The van der Waals surface area contributed by atoms with Gasteiger partial charge in [-0.25, -0.2) is 4.39 Å². The summed E-state index contributed by atoms with van der Waals surface area (Å²) in [6, 6.07) is 9.84. The van der Waals surface area contributed by atoms with Crippen LogP contribution < -0.4 is 5.32 Å². The predicted octanol–water partition coefficient (Wildman–Crippen LogP) is 4.91. The van der Waals surface area contributed by atoms with E-state index in [9.17, 15) is 9.18 Å². The summed E-state index contributed by atoms with van der Waals surface area (Å²) >= 11 is 6.65. The van der Waals surface area contributed by atoms with E-state index in [4.69, 9.17) is 0 Å². The fraction of sp³-hybridized carbons (Fsp3) is 0.0714. The Kier molecular flexibility index (Phi) is 4.37. The number of carbonyl (C=O) groups is 1. The number of amides is 1. The number of nitrogens with one attached hydrogen (secondary N) is 1. The summed E-state index contributed by atoms with van der Waals surface area (Å²) in [5.41, 5.74) is 1.39. The van der Waals surface area contributed by atoms with Crippen molar-refractivity contribution in [3.8, 4) is 0 Å². The number of anilines is 1. The second kappa shape index (κ2) is 5.84. The molecular weight excluding hydrogens is 377 g/mol.